The minimum absolute atomic E-state index is 0.0592. The molecule has 1 aromatic carbocycles. The minimum Gasteiger partial charge on any atom is -0.465 e. The fourth-order valence-corrected chi connectivity index (χ4v) is 4.48. The first kappa shape index (κ1) is 23.5. The lowest BCUT2D eigenvalue weighted by atomic mass is 10.1. The molecule has 32 heavy (non-hydrogen) atoms. The van der Waals surface area contributed by atoms with E-state index in [2.05, 4.69) is 22.4 Å². The normalized spacial score (nSPS) is 10.7. The van der Waals surface area contributed by atoms with Gasteiger partial charge in [-0.05, 0) is 37.6 Å². The van der Waals surface area contributed by atoms with Gasteiger partial charge in [-0.15, -0.1) is 21.5 Å². The number of thiophene rings is 1. The second-order valence-corrected chi connectivity index (χ2v) is 8.84. The van der Waals surface area contributed by atoms with Crippen LogP contribution in [0.25, 0.3) is 11.4 Å². The molecule has 0 spiro atoms. The fraction of sp³-hybridized carbons (Fsp3) is 0.286. The first-order valence-corrected chi connectivity index (χ1v) is 11.3. The molecule has 0 atom stereocenters. The third-order valence-electron chi connectivity index (χ3n) is 4.75. The second kappa shape index (κ2) is 9.96. The summed E-state index contributed by atoms with van der Waals surface area (Å²) in [4.78, 5) is 37.5. The standard InChI is InChI=1S/C21H22N4O5S2/c1-11-12(2)31-9-16(11)18-23-24-21(25(18)3)32-10-17(26)22-15-7-13(19(27)29-4)6-14(8-15)20(28)30-5/h6-9H,10H2,1-5H3,(H,22,26). The van der Waals surface area contributed by atoms with Gasteiger partial charge >= 0.3 is 11.9 Å². The molecule has 0 saturated heterocycles. The van der Waals surface area contributed by atoms with E-state index in [0.29, 0.717) is 5.16 Å². The number of rotatable bonds is 7. The van der Waals surface area contributed by atoms with Gasteiger partial charge in [-0.25, -0.2) is 9.59 Å². The SMILES string of the molecule is COC(=O)c1cc(NC(=O)CSc2nnc(-c3csc(C)c3C)n2C)cc(C(=O)OC)c1. The Morgan fingerprint density at radius 1 is 1.06 bits per heavy atom. The van der Waals surface area contributed by atoms with Gasteiger partial charge in [0.2, 0.25) is 5.91 Å². The van der Waals surface area contributed by atoms with Gasteiger partial charge < -0.3 is 19.4 Å². The molecule has 3 aromatic rings. The molecule has 2 heterocycles. The molecule has 0 bridgehead atoms. The lowest BCUT2D eigenvalue weighted by Crippen LogP contribution is -2.16. The second-order valence-electron chi connectivity index (χ2n) is 6.81. The van der Waals surface area contributed by atoms with Crippen LogP contribution < -0.4 is 5.32 Å². The lowest BCUT2D eigenvalue weighted by Gasteiger charge is -2.09. The number of anilines is 1. The number of amides is 1. The summed E-state index contributed by atoms with van der Waals surface area (Å²) in [6.45, 7) is 4.10. The van der Waals surface area contributed by atoms with Gasteiger partial charge in [0, 0.05) is 28.6 Å². The van der Waals surface area contributed by atoms with Crippen molar-refractivity contribution in [1.82, 2.24) is 14.8 Å². The number of esters is 2. The van der Waals surface area contributed by atoms with Gasteiger partial charge in [0.05, 0.1) is 31.1 Å². The summed E-state index contributed by atoms with van der Waals surface area (Å²) in [5.41, 5.74) is 2.71. The van der Waals surface area contributed by atoms with Crippen molar-refractivity contribution in [2.45, 2.75) is 19.0 Å². The van der Waals surface area contributed by atoms with E-state index in [1.165, 1.54) is 49.1 Å². The Kier molecular flexibility index (Phi) is 7.31. The van der Waals surface area contributed by atoms with Gasteiger partial charge in [-0.3, -0.25) is 4.79 Å². The molecular formula is C21H22N4O5S2. The Morgan fingerprint density at radius 3 is 2.22 bits per heavy atom. The van der Waals surface area contributed by atoms with E-state index in [1.54, 1.807) is 11.3 Å². The molecule has 0 aliphatic carbocycles. The highest BCUT2D eigenvalue weighted by Crippen LogP contribution is 2.30. The molecule has 0 unspecified atom stereocenters. The maximum atomic E-state index is 12.5. The summed E-state index contributed by atoms with van der Waals surface area (Å²) < 4.78 is 11.3. The van der Waals surface area contributed by atoms with E-state index in [0.717, 1.165) is 17.0 Å². The van der Waals surface area contributed by atoms with Gasteiger partial charge in [0.1, 0.15) is 0 Å². The number of nitrogens with zero attached hydrogens (tertiary/aromatic N) is 3. The van der Waals surface area contributed by atoms with Gasteiger partial charge in [-0.2, -0.15) is 0 Å². The first-order valence-electron chi connectivity index (χ1n) is 9.44. The van der Waals surface area contributed by atoms with Crippen LogP contribution in [-0.2, 0) is 21.3 Å². The first-order chi connectivity index (χ1) is 15.2. The van der Waals surface area contributed by atoms with E-state index in [9.17, 15) is 14.4 Å². The maximum Gasteiger partial charge on any atom is 0.337 e. The average Bonchev–Trinajstić information content (AvgIpc) is 3.31. The highest BCUT2D eigenvalue weighted by atomic mass is 32.2. The van der Waals surface area contributed by atoms with E-state index in [1.807, 2.05) is 23.9 Å². The zero-order valence-electron chi connectivity index (χ0n) is 18.2. The van der Waals surface area contributed by atoms with Crippen molar-refractivity contribution in [2.24, 2.45) is 7.05 Å². The predicted molar refractivity (Wildman–Crippen MR) is 122 cm³/mol. The molecule has 11 heteroatoms. The molecule has 9 nitrogen and oxygen atoms in total. The zero-order valence-corrected chi connectivity index (χ0v) is 19.8. The molecule has 2 aromatic heterocycles. The number of nitrogens with one attached hydrogen (secondary N) is 1. The summed E-state index contributed by atoms with van der Waals surface area (Å²) in [5.74, 6) is -0.801. The van der Waals surface area contributed by atoms with Crippen LogP contribution >= 0.6 is 23.1 Å². The Balaban J connectivity index is 1.72. The van der Waals surface area contributed by atoms with Crippen molar-refractivity contribution in [2.75, 3.05) is 25.3 Å². The number of ether oxygens (including phenoxy) is 2. The number of carbonyl (C=O) groups is 3. The quantitative estimate of drug-likeness (QED) is 0.409. The lowest BCUT2D eigenvalue weighted by molar-refractivity contribution is -0.113. The molecule has 1 N–H and O–H groups in total. The van der Waals surface area contributed by atoms with Crippen LogP contribution in [0.1, 0.15) is 31.2 Å². The van der Waals surface area contributed by atoms with Crippen molar-refractivity contribution >= 4 is 46.6 Å². The highest BCUT2D eigenvalue weighted by Gasteiger charge is 2.18. The number of hydrogen-bond donors (Lipinski definition) is 1. The van der Waals surface area contributed by atoms with Crippen LogP contribution in [-0.4, -0.2) is 52.6 Å². The summed E-state index contributed by atoms with van der Waals surface area (Å²) >= 11 is 2.88. The maximum absolute atomic E-state index is 12.5. The summed E-state index contributed by atoms with van der Waals surface area (Å²) in [6.07, 6.45) is 0. The predicted octanol–water partition coefficient (Wildman–Crippen LogP) is 3.46. The Morgan fingerprint density at radius 2 is 1.69 bits per heavy atom. The Bertz CT molecular complexity index is 1150. The molecule has 0 aliphatic heterocycles. The molecule has 0 fully saturated rings. The van der Waals surface area contributed by atoms with Crippen molar-refractivity contribution in [3.8, 4) is 11.4 Å². The van der Waals surface area contributed by atoms with Crippen molar-refractivity contribution in [1.29, 1.82) is 0 Å². The number of thioether (sulfide) groups is 1. The van der Waals surface area contributed by atoms with E-state index >= 15 is 0 Å². The van der Waals surface area contributed by atoms with Crippen LogP contribution in [0.4, 0.5) is 5.69 Å². The molecule has 3 rings (SSSR count). The van der Waals surface area contributed by atoms with Crippen LogP contribution in [0.3, 0.4) is 0 Å². The zero-order chi connectivity index (χ0) is 23.4. The Labute approximate surface area is 193 Å². The minimum atomic E-state index is -0.633. The molecule has 1 amide bonds. The summed E-state index contributed by atoms with van der Waals surface area (Å²) in [7, 11) is 4.32. The third kappa shape index (κ3) is 5.00. The largest absolute Gasteiger partial charge is 0.465 e. The van der Waals surface area contributed by atoms with Gasteiger partial charge in [0.25, 0.3) is 0 Å². The average molecular weight is 475 g/mol. The van der Waals surface area contributed by atoms with Crippen molar-refractivity contribution in [3.63, 3.8) is 0 Å². The van der Waals surface area contributed by atoms with Crippen molar-refractivity contribution < 1.29 is 23.9 Å². The van der Waals surface area contributed by atoms with Crippen LogP contribution in [0.5, 0.6) is 0 Å². The molecular weight excluding hydrogens is 452 g/mol. The summed E-state index contributed by atoms with van der Waals surface area (Å²) in [5, 5.41) is 13.8. The van der Waals surface area contributed by atoms with Gasteiger partial charge in [0.15, 0.2) is 11.0 Å². The molecule has 0 saturated carbocycles. The number of aryl methyl sites for hydroxylation is 1. The molecule has 0 radical (unpaired) electrons. The monoisotopic (exact) mass is 474 g/mol. The van der Waals surface area contributed by atoms with E-state index in [4.69, 9.17) is 9.47 Å². The fourth-order valence-electron chi connectivity index (χ4n) is 2.91. The number of aromatic nitrogens is 3. The number of hydrogen-bond acceptors (Lipinski definition) is 9. The van der Waals surface area contributed by atoms with Gasteiger partial charge in [-0.1, -0.05) is 11.8 Å². The number of methoxy groups -OCH3 is 2. The number of carbonyl (C=O) groups excluding carboxylic acids is 3. The molecule has 168 valence electrons. The van der Waals surface area contributed by atoms with Crippen LogP contribution in [0.2, 0.25) is 0 Å². The Hall–Kier alpha value is -3.18. The van der Waals surface area contributed by atoms with Crippen LogP contribution in [0.15, 0.2) is 28.7 Å². The summed E-state index contributed by atoms with van der Waals surface area (Å²) in [6, 6.07) is 4.21. The number of benzene rings is 1. The third-order valence-corrected chi connectivity index (χ3v) is 6.79. The van der Waals surface area contributed by atoms with Crippen LogP contribution in [0, 0.1) is 13.8 Å². The molecule has 0 aliphatic rings. The van der Waals surface area contributed by atoms with E-state index in [-0.39, 0.29) is 28.5 Å². The van der Waals surface area contributed by atoms with E-state index < -0.39 is 11.9 Å². The smallest absolute Gasteiger partial charge is 0.337 e. The highest BCUT2D eigenvalue weighted by molar-refractivity contribution is 7.99. The topological polar surface area (TPSA) is 112 Å². The van der Waals surface area contributed by atoms with Crippen molar-refractivity contribution in [3.05, 3.63) is 45.1 Å².